The maximum atomic E-state index is 10.5. The zero-order valence-electron chi connectivity index (χ0n) is 61.6. The van der Waals surface area contributed by atoms with E-state index in [-0.39, 0.29) is 176 Å². The van der Waals surface area contributed by atoms with Gasteiger partial charge in [0.05, 0.1) is 94.6 Å². The molecule has 0 aromatic heterocycles. The Bertz CT molecular complexity index is 1520. The Labute approximate surface area is 638 Å². The second-order valence-electron chi connectivity index (χ2n) is 16.9. The number of hydrogen-bond donors (Lipinski definition) is 4. The van der Waals surface area contributed by atoms with Crippen LogP contribution in [-0.4, -0.2) is 270 Å². The van der Waals surface area contributed by atoms with Crippen LogP contribution in [0.1, 0.15) is 106 Å². The van der Waals surface area contributed by atoms with Crippen LogP contribution in [0.3, 0.4) is 0 Å². The van der Waals surface area contributed by atoms with Crippen molar-refractivity contribution in [3.8, 4) is 0 Å². The molecule has 9 unspecified atom stereocenters. The number of carboxylic acids is 1. The first-order valence-electron chi connectivity index (χ1n) is 30.2. The third-order valence-corrected chi connectivity index (χ3v) is 10.2. The summed E-state index contributed by atoms with van der Waals surface area (Å²) >= 11 is 25.6. The molecule has 559 valence electrons. The van der Waals surface area contributed by atoms with Crippen LogP contribution in [-0.2, 0) is 116 Å². The first kappa shape index (κ1) is 106. The molecule has 4 fully saturated rings. The fourth-order valence-corrected chi connectivity index (χ4v) is 5.12. The van der Waals surface area contributed by atoms with Crippen LogP contribution in [0.15, 0.2) is 12.8 Å². The molecule has 0 aromatic carbocycles. The first-order valence-corrected chi connectivity index (χ1v) is 35.0. The van der Waals surface area contributed by atoms with Crippen LogP contribution in [0.5, 0.6) is 0 Å². The number of carboxylic acid groups (broad SMARTS) is 1. The van der Waals surface area contributed by atoms with E-state index in [1.165, 1.54) is 34.0 Å². The molecule has 4 aliphatic heterocycles. The number of hydrogen-bond acceptors (Lipinski definition) is 26. The monoisotopic (exact) mass is 1590 g/mol. The SMILES string of the molecule is C=COCC.CC(=O)O.CC(=O)OCC(O)CCl.CC(=O)OCC(O)CCl.CCOC(C)OC(CCl)COC(C)=O.CCOC(C)OC(CCl)COC(C)=O.CCOC(C)OC1COC1.CCOC(C)OC1COC1.ClCC1CO1.OC1COC1.[3H]O.[3H][3H].[3H][3H].[Cl][Fe]([Cl])[Cl].[H+].[K+].[OH-]. The van der Waals surface area contributed by atoms with E-state index < -0.39 is 41.3 Å². The van der Waals surface area contributed by atoms with Crippen molar-refractivity contribution < 1.29 is 207 Å². The Kier molecular flexibility index (Phi) is 99.1. The van der Waals surface area contributed by atoms with Crippen LogP contribution >= 0.6 is 88.3 Å². The molecule has 38 heteroatoms. The summed E-state index contributed by atoms with van der Waals surface area (Å²) in [6, 6.07) is 0. The molecular formula is C54H111Cl8FeKO28+. The molecule has 4 rings (SSSR count). The van der Waals surface area contributed by atoms with E-state index in [0.717, 1.165) is 46.6 Å². The van der Waals surface area contributed by atoms with Crippen molar-refractivity contribution in [3.05, 3.63) is 12.8 Å². The van der Waals surface area contributed by atoms with Gasteiger partial charge in [-0.2, -0.15) is 0 Å². The Balaban J connectivity index is -0.0000000744. The van der Waals surface area contributed by atoms with E-state index >= 15 is 0 Å². The van der Waals surface area contributed by atoms with E-state index in [2.05, 4.69) is 25.5 Å². The quantitative estimate of drug-likeness (QED) is 0.0136. The molecule has 4 saturated heterocycles. The summed E-state index contributed by atoms with van der Waals surface area (Å²) in [6.07, 6.45) is -0.749. The van der Waals surface area contributed by atoms with E-state index in [0.29, 0.717) is 51.6 Å². The number of aliphatic hydroxyl groups is 3. The summed E-state index contributed by atoms with van der Waals surface area (Å²) in [6.45, 7) is 35.0. The summed E-state index contributed by atoms with van der Waals surface area (Å²) in [4.78, 5) is 50.2. The predicted octanol–water partition coefficient (Wildman–Crippen LogP) is 4.91. The van der Waals surface area contributed by atoms with Gasteiger partial charge in [0.25, 0.3) is 5.97 Å². The van der Waals surface area contributed by atoms with Gasteiger partial charge >= 0.3 is 118 Å². The molecule has 92 heavy (non-hydrogen) atoms. The molecule has 0 radical (unpaired) electrons. The van der Waals surface area contributed by atoms with E-state index in [4.69, 9.17) is 188 Å². The van der Waals surface area contributed by atoms with Gasteiger partial charge in [-0.05, 0) is 62.3 Å². The molecule has 7 N–H and O–H groups in total. The minimum Gasteiger partial charge on any atom is -0.870 e. The summed E-state index contributed by atoms with van der Waals surface area (Å²) in [5.74, 6) is -0.936. The maximum Gasteiger partial charge on any atom is 1.00 e. The number of esters is 4. The molecule has 28 nitrogen and oxygen atoms in total. The van der Waals surface area contributed by atoms with Crippen molar-refractivity contribution in [3.63, 3.8) is 0 Å². The number of aliphatic hydroxyl groups excluding tert-OH is 3. The number of carbonyl (C=O) groups is 5. The van der Waals surface area contributed by atoms with Gasteiger partial charge in [-0.15, -0.1) is 58.0 Å². The third-order valence-electron chi connectivity index (χ3n) is 8.44. The standard InChI is InChI=1S/2C9H17ClO4.2C7H14O3.2C5H9ClO3.C4H8O.C3H5ClO.C3H6O2.C2H4O2.3ClH.Fe.K.2H2O.2H2/c2*1-4-12-8(3)14-9(5-10)6-13-7(2)11;2*1-3-9-6(2)10-7-4-8-5-7;2*1-4(7)9-3-5(8)2-6;1-3-5-4-2;4-1-3-2-5-3;4-3-1-5-2-3;1-2(3)4;;;;;;;;;/h2*8-9H,4-6H2,1-3H3;2*6-7H,3-5H2,1-2H3;2*5,8H,2-3H2,1H3;3H,1,4H2,2H3;3H,1-2H2;3-4H,1-2H2;1H3,(H,3,4);3*1H;;;2*1H2;2*1H/q;;;;;;;;;;;;;+3;+1;;;;/p-3/i;;;;;;;;;;;;;;;;;2*1+2T/hT. The Morgan fingerprint density at radius 2 is 0.848 bits per heavy atom. The number of rotatable bonds is 31. The van der Waals surface area contributed by atoms with E-state index in [9.17, 15) is 19.2 Å². The normalized spacial score (nSPS) is 16.5. The number of epoxide rings is 1. The Morgan fingerprint density at radius 1 is 0.587 bits per heavy atom. The average Bonchev–Trinajstić information content (AvgIpc) is 2.32. The topological polar surface area (TPSA) is 388 Å². The first-order chi connectivity index (χ1) is 44.9. The number of carbonyl (C=O) groups excluding carboxylic acids is 4. The second-order valence-corrected chi connectivity index (χ2v) is 23.9. The smallest absolute Gasteiger partial charge is 0.870 e. The minimum absolute atomic E-state index is 0. The molecule has 0 aliphatic carbocycles. The van der Waals surface area contributed by atoms with E-state index in [1.54, 1.807) is 13.8 Å². The third kappa shape index (κ3) is 109. The van der Waals surface area contributed by atoms with Crippen molar-refractivity contribution in [2.24, 2.45) is 0 Å². The molecule has 0 saturated carbocycles. The van der Waals surface area contributed by atoms with Crippen molar-refractivity contribution >= 4 is 118 Å². The van der Waals surface area contributed by atoms with Gasteiger partial charge < -0.3 is 112 Å². The van der Waals surface area contributed by atoms with Crippen LogP contribution in [0.25, 0.3) is 0 Å². The van der Waals surface area contributed by atoms with Gasteiger partial charge in [-0.3, -0.25) is 24.0 Å². The van der Waals surface area contributed by atoms with Gasteiger partial charge in [-0.25, -0.2) is 0 Å². The summed E-state index contributed by atoms with van der Waals surface area (Å²) in [7, 11) is 14.7. The maximum absolute atomic E-state index is 10.5. The van der Waals surface area contributed by atoms with Crippen molar-refractivity contribution in [1.29, 1.82) is 0 Å². The molecule has 4 aliphatic rings. The van der Waals surface area contributed by atoms with Gasteiger partial charge in [0.15, 0.2) is 25.2 Å². The molecular weight excluding hydrogens is 1480 g/mol. The Morgan fingerprint density at radius 3 is 0.989 bits per heavy atom. The van der Waals surface area contributed by atoms with Crippen LogP contribution in [0, 0.1) is 0 Å². The van der Waals surface area contributed by atoms with Gasteiger partial charge in [0.1, 0.15) is 69.2 Å². The van der Waals surface area contributed by atoms with Gasteiger partial charge in [-0.1, -0.05) is 6.58 Å². The van der Waals surface area contributed by atoms with Crippen molar-refractivity contribution in [2.75, 3.05) is 135 Å². The molecule has 0 spiro atoms. The van der Waals surface area contributed by atoms with Crippen LogP contribution in [0.2, 0.25) is 0 Å². The summed E-state index contributed by atoms with van der Waals surface area (Å²) in [5.41, 5.74) is 6.25. The minimum atomic E-state index is -1.33. The van der Waals surface area contributed by atoms with Crippen molar-refractivity contribution in [2.45, 2.75) is 171 Å². The average molecular weight is 1600 g/mol. The number of alkyl halides is 5. The number of halogens is 8. The second kappa shape index (κ2) is 85.9. The molecule has 9 atom stereocenters. The fraction of sp³-hybridized carbons (Fsp3) is 0.870. The molecule has 0 aromatic rings. The Hall–Kier alpha value is 0.686. The predicted molar refractivity (Wildman–Crippen MR) is 348 cm³/mol. The molecule has 0 amide bonds. The van der Waals surface area contributed by atoms with E-state index in [1.807, 2.05) is 48.5 Å². The van der Waals surface area contributed by atoms with Crippen molar-refractivity contribution in [1.82, 2.24) is 0 Å². The summed E-state index contributed by atoms with van der Waals surface area (Å²) < 4.78 is 109. The van der Waals surface area contributed by atoms with Gasteiger partial charge in [0.2, 0.25) is 1.43 Å². The summed E-state index contributed by atoms with van der Waals surface area (Å²) in [5, 5.41) is 33.1. The number of aliphatic carboxylic acids is 1. The molecule has 0 bridgehead atoms. The zero-order chi connectivity index (χ0) is 76.0. The number of ether oxygens (including phenoxy) is 17. The largest absolute Gasteiger partial charge is 1.00 e. The fourth-order valence-electron chi connectivity index (χ4n) is 4.44. The van der Waals surface area contributed by atoms with Crippen LogP contribution in [0.4, 0.5) is 0 Å². The van der Waals surface area contributed by atoms with Gasteiger partial charge in [0, 0.05) is 67.0 Å². The zero-order valence-corrected chi connectivity index (χ0v) is 65.9. The van der Waals surface area contributed by atoms with Crippen LogP contribution < -0.4 is 51.4 Å². The molecule has 4 heterocycles.